The topological polar surface area (TPSA) is 179 Å². The van der Waals surface area contributed by atoms with Gasteiger partial charge in [-0.2, -0.15) is 0 Å². The molecule has 0 aromatic heterocycles. The van der Waals surface area contributed by atoms with E-state index in [2.05, 4.69) is 0 Å². The number of ether oxygens (including phenoxy) is 8. The SMILES string of the molecule is CC(=O)OC[C@H]1O[C@H](Oc2ccc(/C=C/C3OC(=O)CN(C)CC(=O)O3)cc2C)[C@@](C)(OC(C)=O)[C@@H](OC(C)=O)[C@@H]1OC(C)=O. The molecule has 5 atom stereocenters. The number of cyclic esters (lactones) is 2. The zero-order chi connectivity index (χ0) is 33.5. The van der Waals surface area contributed by atoms with Crippen LogP contribution in [0.1, 0.15) is 45.7 Å². The van der Waals surface area contributed by atoms with E-state index in [0.29, 0.717) is 11.1 Å². The molecule has 0 amide bonds. The van der Waals surface area contributed by atoms with E-state index in [4.69, 9.17) is 37.9 Å². The van der Waals surface area contributed by atoms with Crippen LogP contribution in [-0.2, 0) is 61.9 Å². The number of aryl methyl sites for hydroxylation is 1. The molecule has 15 nitrogen and oxygen atoms in total. The Morgan fingerprint density at radius 2 is 1.58 bits per heavy atom. The molecule has 0 spiro atoms. The molecule has 0 radical (unpaired) electrons. The third-order valence-electron chi connectivity index (χ3n) is 6.58. The number of carbonyl (C=O) groups is 6. The van der Waals surface area contributed by atoms with E-state index in [-0.39, 0.29) is 18.8 Å². The van der Waals surface area contributed by atoms with E-state index in [1.54, 1.807) is 38.2 Å². The second-order valence-corrected chi connectivity index (χ2v) is 10.7. The fourth-order valence-corrected chi connectivity index (χ4v) is 4.76. The molecule has 3 rings (SSSR count). The lowest BCUT2D eigenvalue weighted by Crippen LogP contribution is -2.70. The quantitative estimate of drug-likeness (QED) is 0.279. The van der Waals surface area contributed by atoms with Crippen LogP contribution < -0.4 is 4.74 Å². The van der Waals surface area contributed by atoms with Crippen molar-refractivity contribution in [3.63, 3.8) is 0 Å². The van der Waals surface area contributed by atoms with Crippen molar-refractivity contribution in [2.45, 2.75) is 78.0 Å². The van der Waals surface area contributed by atoms with Gasteiger partial charge in [-0.05, 0) is 50.2 Å². The Balaban J connectivity index is 1.92. The molecule has 45 heavy (non-hydrogen) atoms. The van der Waals surface area contributed by atoms with Crippen LogP contribution in [0.25, 0.3) is 6.08 Å². The molecule has 2 saturated heterocycles. The Bertz CT molecular complexity index is 1320. The van der Waals surface area contributed by atoms with Gasteiger partial charge in [-0.1, -0.05) is 12.1 Å². The number of carbonyl (C=O) groups excluding carboxylic acids is 6. The molecule has 246 valence electrons. The molecule has 1 aromatic carbocycles. The largest absolute Gasteiger partial charge is 0.463 e. The third kappa shape index (κ3) is 9.74. The number of likely N-dealkylation sites (N-methyl/N-ethyl adjacent to an activating group) is 1. The predicted molar refractivity (Wildman–Crippen MR) is 151 cm³/mol. The van der Waals surface area contributed by atoms with Gasteiger partial charge in [0.05, 0.1) is 13.1 Å². The first-order valence-corrected chi connectivity index (χ1v) is 13.9. The van der Waals surface area contributed by atoms with Crippen LogP contribution in [0.3, 0.4) is 0 Å². The summed E-state index contributed by atoms with van der Waals surface area (Å²) in [5.74, 6) is -3.80. The summed E-state index contributed by atoms with van der Waals surface area (Å²) in [5, 5.41) is 0. The molecular weight excluding hydrogens is 598 g/mol. The molecular formula is C30H37NO14. The smallest absolute Gasteiger partial charge is 0.323 e. The van der Waals surface area contributed by atoms with Crippen LogP contribution in [0, 0.1) is 6.92 Å². The molecule has 15 heteroatoms. The van der Waals surface area contributed by atoms with E-state index in [9.17, 15) is 28.8 Å². The van der Waals surface area contributed by atoms with Crippen LogP contribution in [0.2, 0.25) is 0 Å². The summed E-state index contributed by atoms with van der Waals surface area (Å²) < 4.78 is 44.3. The zero-order valence-corrected chi connectivity index (χ0v) is 26.1. The highest BCUT2D eigenvalue weighted by molar-refractivity contribution is 5.77. The molecule has 1 aromatic rings. The molecule has 0 unspecified atom stereocenters. The number of nitrogens with zero attached hydrogens (tertiary/aromatic N) is 1. The molecule has 2 fully saturated rings. The number of esters is 6. The lowest BCUT2D eigenvalue weighted by Gasteiger charge is -2.49. The second-order valence-electron chi connectivity index (χ2n) is 10.7. The number of benzene rings is 1. The van der Waals surface area contributed by atoms with Crippen molar-refractivity contribution in [2.24, 2.45) is 0 Å². The lowest BCUT2D eigenvalue weighted by atomic mass is 9.87. The van der Waals surface area contributed by atoms with Gasteiger partial charge in [0.25, 0.3) is 6.29 Å². The zero-order valence-electron chi connectivity index (χ0n) is 26.1. The maximum Gasteiger partial charge on any atom is 0.323 e. The lowest BCUT2D eigenvalue weighted by molar-refractivity contribution is -0.321. The summed E-state index contributed by atoms with van der Waals surface area (Å²) in [6, 6.07) is 4.93. The van der Waals surface area contributed by atoms with Crippen molar-refractivity contribution in [1.29, 1.82) is 0 Å². The first-order chi connectivity index (χ1) is 21.1. The van der Waals surface area contributed by atoms with Gasteiger partial charge in [0.15, 0.2) is 12.2 Å². The van der Waals surface area contributed by atoms with E-state index in [0.717, 1.165) is 20.8 Å². The highest BCUT2D eigenvalue weighted by Crippen LogP contribution is 2.39. The van der Waals surface area contributed by atoms with Crippen molar-refractivity contribution < 1.29 is 66.7 Å². The van der Waals surface area contributed by atoms with Gasteiger partial charge in [-0.15, -0.1) is 0 Å². The second kappa shape index (κ2) is 15.0. The first kappa shape index (κ1) is 35.0. The standard InChI is InChI=1S/C30H37NO14/c1-16-12-21(9-11-26-43-24(36)13-31(7)14-25(37)44-26)8-10-22(16)41-29-30(6,45-20(5)35)28(40-19(4)34)27(39-18(3)33)23(42-29)15-38-17(2)32/h8-12,23,26-29H,13-15H2,1-7H3/b11-9+/t23-,27-,28+,29+,30+/m1/s1. The molecule has 0 saturated carbocycles. The summed E-state index contributed by atoms with van der Waals surface area (Å²) in [6.07, 6.45) is -3.64. The monoisotopic (exact) mass is 635 g/mol. The molecule has 0 bridgehead atoms. The van der Waals surface area contributed by atoms with Crippen molar-refractivity contribution in [2.75, 3.05) is 26.7 Å². The summed E-state index contributed by atoms with van der Waals surface area (Å²) in [4.78, 5) is 73.5. The number of rotatable bonds is 9. The van der Waals surface area contributed by atoms with Crippen molar-refractivity contribution in [3.05, 3.63) is 35.4 Å². The van der Waals surface area contributed by atoms with Gasteiger partial charge in [0.1, 0.15) is 18.5 Å². The van der Waals surface area contributed by atoms with Crippen molar-refractivity contribution in [1.82, 2.24) is 4.90 Å². The minimum absolute atomic E-state index is 0.0677. The fraction of sp³-hybridized carbons (Fsp3) is 0.533. The van der Waals surface area contributed by atoms with Gasteiger partial charge < -0.3 is 37.9 Å². The summed E-state index contributed by atoms with van der Waals surface area (Å²) in [6.45, 7) is 7.13. The van der Waals surface area contributed by atoms with Gasteiger partial charge >= 0.3 is 35.8 Å². The summed E-state index contributed by atoms with van der Waals surface area (Å²) >= 11 is 0. The highest BCUT2D eigenvalue weighted by atomic mass is 16.7. The first-order valence-electron chi connectivity index (χ1n) is 13.9. The minimum atomic E-state index is -1.85. The van der Waals surface area contributed by atoms with Gasteiger partial charge in [-0.25, -0.2) is 0 Å². The molecule has 2 heterocycles. The normalized spacial score (nSPS) is 26.1. The number of hydrogen-bond acceptors (Lipinski definition) is 15. The van der Waals surface area contributed by atoms with Gasteiger partial charge in [0.2, 0.25) is 11.9 Å². The summed E-state index contributed by atoms with van der Waals surface area (Å²) in [7, 11) is 1.59. The molecule has 2 aliphatic heterocycles. The van der Waals surface area contributed by atoms with Crippen LogP contribution in [0.15, 0.2) is 24.3 Å². The number of hydrogen-bond donors (Lipinski definition) is 0. The van der Waals surface area contributed by atoms with E-state index < -0.39 is 78.9 Å². The third-order valence-corrected chi connectivity index (χ3v) is 6.58. The highest BCUT2D eigenvalue weighted by Gasteiger charge is 2.61. The molecule has 2 aliphatic rings. The van der Waals surface area contributed by atoms with Crippen LogP contribution in [-0.4, -0.2) is 104 Å². The van der Waals surface area contributed by atoms with Crippen LogP contribution >= 0.6 is 0 Å². The Hall–Kier alpha value is -4.50. The predicted octanol–water partition coefficient (Wildman–Crippen LogP) is 1.22. The Kier molecular flexibility index (Phi) is 11.7. The molecule has 0 N–H and O–H groups in total. The van der Waals surface area contributed by atoms with Crippen molar-refractivity contribution in [3.8, 4) is 5.75 Å². The maximum atomic E-state index is 12.3. The van der Waals surface area contributed by atoms with Crippen LogP contribution in [0.5, 0.6) is 5.75 Å². The fourth-order valence-electron chi connectivity index (χ4n) is 4.76. The summed E-state index contributed by atoms with van der Waals surface area (Å²) in [5.41, 5.74) is -0.657. The van der Waals surface area contributed by atoms with E-state index in [1.165, 1.54) is 24.8 Å². The van der Waals surface area contributed by atoms with Crippen LogP contribution in [0.4, 0.5) is 0 Å². The van der Waals surface area contributed by atoms with Crippen molar-refractivity contribution >= 4 is 41.9 Å². The van der Waals surface area contributed by atoms with E-state index >= 15 is 0 Å². The average molecular weight is 636 g/mol. The Labute approximate surface area is 259 Å². The van der Waals surface area contributed by atoms with Gasteiger partial charge in [-0.3, -0.25) is 33.7 Å². The van der Waals surface area contributed by atoms with Gasteiger partial charge in [0, 0.05) is 27.7 Å². The minimum Gasteiger partial charge on any atom is -0.463 e. The molecule has 0 aliphatic carbocycles. The average Bonchev–Trinajstić information content (AvgIpc) is 2.89. The Morgan fingerprint density at radius 3 is 2.11 bits per heavy atom. The maximum absolute atomic E-state index is 12.3. The Morgan fingerprint density at radius 1 is 0.956 bits per heavy atom. The van der Waals surface area contributed by atoms with E-state index in [1.807, 2.05) is 0 Å².